The van der Waals surface area contributed by atoms with Gasteiger partial charge in [-0.05, 0) is 79.0 Å². The molecule has 1 aliphatic heterocycles. The van der Waals surface area contributed by atoms with E-state index in [2.05, 4.69) is 52.0 Å². The summed E-state index contributed by atoms with van der Waals surface area (Å²) in [4.78, 5) is 15.5. The second kappa shape index (κ2) is 9.48. The van der Waals surface area contributed by atoms with Crippen LogP contribution in [-0.4, -0.2) is 47.8 Å². The van der Waals surface area contributed by atoms with Crippen LogP contribution < -0.4 is 4.74 Å². The summed E-state index contributed by atoms with van der Waals surface area (Å²) in [6, 6.07) is 9.41. The Labute approximate surface area is 202 Å². The SMILES string of the molecule is CC(C)Oc1ccc(S(=O)(=O)N2CCC(c3cn(CC=O)c4cc(I)ccc34)CC2)cn1. The first kappa shape index (κ1) is 23.2. The number of fused-ring (bicyclic) bond motifs is 1. The van der Waals surface area contributed by atoms with Crippen LogP contribution in [0.2, 0.25) is 0 Å². The Morgan fingerprint density at radius 1 is 1.22 bits per heavy atom. The number of nitrogens with zero attached hydrogens (tertiary/aromatic N) is 3. The number of pyridine rings is 1. The van der Waals surface area contributed by atoms with Gasteiger partial charge < -0.3 is 14.1 Å². The maximum absolute atomic E-state index is 13.1. The smallest absolute Gasteiger partial charge is 0.244 e. The van der Waals surface area contributed by atoms with E-state index < -0.39 is 10.0 Å². The number of sulfonamides is 1. The summed E-state index contributed by atoms with van der Waals surface area (Å²) in [5, 5.41) is 1.14. The van der Waals surface area contributed by atoms with Gasteiger partial charge in [0.15, 0.2) is 0 Å². The Balaban J connectivity index is 1.51. The molecule has 2 aromatic heterocycles. The Kier molecular flexibility index (Phi) is 6.87. The summed E-state index contributed by atoms with van der Waals surface area (Å²) in [7, 11) is -3.60. The van der Waals surface area contributed by atoms with Crippen LogP contribution in [0.5, 0.6) is 5.88 Å². The highest BCUT2D eigenvalue weighted by Gasteiger charge is 2.31. The molecule has 0 atom stereocenters. The van der Waals surface area contributed by atoms with E-state index in [0.717, 1.165) is 33.6 Å². The third-order valence-corrected chi connectivity index (χ3v) is 8.30. The maximum Gasteiger partial charge on any atom is 0.244 e. The van der Waals surface area contributed by atoms with E-state index >= 15 is 0 Å². The minimum absolute atomic E-state index is 0.0232. The minimum atomic E-state index is -3.60. The van der Waals surface area contributed by atoms with E-state index in [4.69, 9.17) is 4.74 Å². The number of carbonyl (C=O) groups is 1. The van der Waals surface area contributed by atoms with Gasteiger partial charge in [0.1, 0.15) is 11.2 Å². The molecule has 1 aliphatic rings. The van der Waals surface area contributed by atoms with E-state index in [1.807, 2.05) is 18.4 Å². The second-order valence-corrected chi connectivity index (χ2v) is 11.4. The number of hydrogen-bond donors (Lipinski definition) is 0. The molecule has 0 saturated carbocycles. The van der Waals surface area contributed by atoms with Crippen LogP contribution in [0, 0.1) is 3.57 Å². The molecule has 0 aliphatic carbocycles. The molecular weight excluding hydrogens is 541 g/mol. The van der Waals surface area contributed by atoms with E-state index in [1.54, 1.807) is 12.1 Å². The molecule has 0 spiro atoms. The van der Waals surface area contributed by atoms with Gasteiger partial charge >= 0.3 is 0 Å². The van der Waals surface area contributed by atoms with Crippen molar-refractivity contribution in [1.82, 2.24) is 13.9 Å². The van der Waals surface area contributed by atoms with E-state index in [0.29, 0.717) is 25.5 Å². The zero-order valence-corrected chi connectivity index (χ0v) is 21.0. The van der Waals surface area contributed by atoms with Crippen LogP contribution in [-0.2, 0) is 21.4 Å². The predicted octanol–water partition coefficient (Wildman–Crippen LogP) is 4.20. The van der Waals surface area contributed by atoms with Crippen molar-refractivity contribution in [1.29, 1.82) is 0 Å². The largest absolute Gasteiger partial charge is 0.475 e. The summed E-state index contributed by atoms with van der Waals surface area (Å²) in [6.07, 6.45) is 5.77. The number of rotatable bonds is 7. The number of ether oxygens (including phenoxy) is 1. The highest BCUT2D eigenvalue weighted by Crippen LogP contribution is 2.36. The molecule has 1 aromatic carbocycles. The van der Waals surface area contributed by atoms with Crippen LogP contribution in [0.1, 0.15) is 38.2 Å². The molecule has 7 nitrogen and oxygen atoms in total. The standard InChI is InChI=1S/C23H26IN3O4S/c1-16(2)31-23-6-4-19(14-25-23)32(29,30)27-9-7-17(8-10-27)21-15-26(11-12-28)22-13-18(24)3-5-20(21)22/h3-6,12-17H,7-11H2,1-2H3. The molecule has 0 radical (unpaired) electrons. The molecule has 4 rings (SSSR count). The Morgan fingerprint density at radius 3 is 2.59 bits per heavy atom. The topological polar surface area (TPSA) is 81.5 Å². The number of carbonyl (C=O) groups excluding carboxylic acids is 1. The van der Waals surface area contributed by atoms with Crippen LogP contribution in [0.15, 0.2) is 47.6 Å². The minimum Gasteiger partial charge on any atom is -0.475 e. The molecule has 3 heterocycles. The number of benzene rings is 1. The highest BCUT2D eigenvalue weighted by molar-refractivity contribution is 14.1. The highest BCUT2D eigenvalue weighted by atomic mass is 127. The lowest BCUT2D eigenvalue weighted by molar-refractivity contribution is -0.108. The van der Waals surface area contributed by atoms with Crippen molar-refractivity contribution in [3.8, 4) is 5.88 Å². The molecule has 170 valence electrons. The van der Waals surface area contributed by atoms with Crippen molar-refractivity contribution < 1.29 is 17.9 Å². The molecule has 0 N–H and O–H groups in total. The maximum atomic E-state index is 13.1. The second-order valence-electron chi connectivity index (χ2n) is 8.24. The van der Waals surface area contributed by atoms with Gasteiger partial charge in [-0.15, -0.1) is 0 Å². The number of halogens is 1. The molecule has 9 heteroatoms. The van der Waals surface area contributed by atoms with Crippen molar-refractivity contribution in [2.75, 3.05) is 13.1 Å². The summed E-state index contributed by atoms with van der Waals surface area (Å²) in [5.41, 5.74) is 2.23. The zero-order valence-electron chi connectivity index (χ0n) is 18.1. The Bertz CT molecular complexity index is 1210. The van der Waals surface area contributed by atoms with Crippen molar-refractivity contribution in [3.63, 3.8) is 0 Å². The quantitative estimate of drug-likeness (QED) is 0.316. The average molecular weight is 567 g/mol. The first-order valence-electron chi connectivity index (χ1n) is 10.6. The third kappa shape index (κ3) is 4.69. The number of hydrogen-bond acceptors (Lipinski definition) is 5. The van der Waals surface area contributed by atoms with E-state index in [-0.39, 0.29) is 16.9 Å². The average Bonchev–Trinajstić information content (AvgIpc) is 3.12. The van der Waals surface area contributed by atoms with Gasteiger partial charge in [0.25, 0.3) is 0 Å². The first-order chi connectivity index (χ1) is 15.3. The molecule has 3 aromatic rings. The Hall–Kier alpha value is -1.98. The lowest BCUT2D eigenvalue weighted by Gasteiger charge is -2.31. The van der Waals surface area contributed by atoms with Crippen molar-refractivity contribution in [3.05, 3.63) is 51.9 Å². The third-order valence-electron chi connectivity index (χ3n) is 5.74. The summed E-state index contributed by atoms with van der Waals surface area (Å²) in [5.74, 6) is 0.663. The van der Waals surface area contributed by atoms with Crippen molar-refractivity contribution in [2.24, 2.45) is 0 Å². The Morgan fingerprint density at radius 2 is 1.97 bits per heavy atom. The number of aromatic nitrogens is 2. The summed E-state index contributed by atoms with van der Waals surface area (Å²) < 4.78 is 36.4. The molecule has 1 saturated heterocycles. The molecule has 0 unspecified atom stereocenters. The van der Waals surface area contributed by atoms with Crippen LogP contribution in [0.4, 0.5) is 0 Å². The van der Waals surface area contributed by atoms with Crippen LogP contribution in [0.3, 0.4) is 0 Å². The van der Waals surface area contributed by atoms with Gasteiger partial charge in [0.2, 0.25) is 15.9 Å². The molecule has 32 heavy (non-hydrogen) atoms. The molecule has 1 fully saturated rings. The lowest BCUT2D eigenvalue weighted by atomic mass is 9.90. The fraction of sp³-hybridized carbons (Fsp3) is 0.391. The monoisotopic (exact) mass is 567 g/mol. The number of aldehydes is 1. The van der Waals surface area contributed by atoms with Crippen LogP contribution in [0.25, 0.3) is 10.9 Å². The first-order valence-corrected chi connectivity index (χ1v) is 13.2. The fourth-order valence-electron chi connectivity index (χ4n) is 4.24. The zero-order chi connectivity index (χ0) is 22.9. The predicted molar refractivity (Wildman–Crippen MR) is 131 cm³/mol. The van der Waals surface area contributed by atoms with Gasteiger partial charge in [0, 0.05) is 39.8 Å². The molecule has 0 amide bonds. The lowest BCUT2D eigenvalue weighted by Crippen LogP contribution is -2.37. The van der Waals surface area contributed by atoms with Gasteiger partial charge in [-0.25, -0.2) is 13.4 Å². The molecule has 0 bridgehead atoms. The van der Waals surface area contributed by atoms with Gasteiger partial charge in [-0.2, -0.15) is 4.31 Å². The van der Waals surface area contributed by atoms with Gasteiger partial charge in [-0.1, -0.05) is 6.07 Å². The van der Waals surface area contributed by atoms with E-state index in [9.17, 15) is 13.2 Å². The van der Waals surface area contributed by atoms with Crippen molar-refractivity contribution >= 4 is 49.8 Å². The van der Waals surface area contributed by atoms with Gasteiger partial charge in [0.05, 0.1) is 18.8 Å². The normalized spacial score (nSPS) is 16.0. The van der Waals surface area contributed by atoms with Gasteiger partial charge in [-0.3, -0.25) is 0 Å². The fourth-order valence-corrected chi connectivity index (χ4v) is 6.13. The number of piperidine rings is 1. The van der Waals surface area contributed by atoms with Crippen molar-refractivity contribution in [2.45, 2.75) is 50.2 Å². The molecular formula is C23H26IN3O4S. The van der Waals surface area contributed by atoms with E-state index in [1.165, 1.54) is 16.1 Å². The summed E-state index contributed by atoms with van der Waals surface area (Å²) >= 11 is 2.27. The van der Waals surface area contributed by atoms with Crippen LogP contribution >= 0.6 is 22.6 Å². The summed E-state index contributed by atoms with van der Waals surface area (Å²) in [6.45, 7) is 5.00.